The number of rotatable bonds is 3. The molecule has 0 amide bonds. The van der Waals surface area contributed by atoms with Gasteiger partial charge in [-0.1, -0.05) is 6.42 Å². The van der Waals surface area contributed by atoms with Crippen LogP contribution < -0.4 is 0 Å². The largest absolute Gasteiger partial charge is 0.634 e. The Balaban J connectivity index is 2.05. The summed E-state index contributed by atoms with van der Waals surface area (Å²) in [5.41, 5.74) is 0. The van der Waals surface area contributed by atoms with E-state index in [0.29, 0.717) is 6.73 Å². The van der Waals surface area contributed by atoms with E-state index < -0.39 is 7.32 Å². The number of hydrogen-bond acceptors (Lipinski definition) is 4. The minimum Gasteiger partial charge on any atom is -0.402 e. The smallest absolute Gasteiger partial charge is 0.402 e. The summed E-state index contributed by atoms with van der Waals surface area (Å²) in [5.74, 6) is 0. The SMILES string of the molecule is OB(O)OCN1CCCCC1. The fourth-order valence-electron chi connectivity index (χ4n) is 1.26. The molecule has 0 unspecified atom stereocenters. The lowest BCUT2D eigenvalue weighted by atomic mass is 10.1. The van der Waals surface area contributed by atoms with Gasteiger partial charge in [-0.05, 0) is 12.8 Å². The molecule has 5 heteroatoms. The van der Waals surface area contributed by atoms with Gasteiger partial charge in [-0.3, -0.25) is 4.90 Å². The minimum absolute atomic E-state index is 0.331. The zero-order valence-electron chi connectivity index (χ0n) is 6.57. The standard InChI is InChI=1S/C6H14BNO3/c9-7(10)11-6-8-4-2-1-3-5-8/h9-10H,1-6H2. The molecule has 1 saturated heterocycles. The van der Waals surface area contributed by atoms with Crippen LogP contribution in [0.3, 0.4) is 0 Å². The molecule has 1 heterocycles. The fraction of sp³-hybridized carbons (Fsp3) is 1.00. The Labute approximate surface area is 66.9 Å². The van der Waals surface area contributed by atoms with E-state index in [0.717, 1.165) is 13.1 Å². The Morgan fingerprint density at radius 3 is 2.36 bits per heavy atom. The molecule has 0 aromatic rings. The highest BCUT2D eigenvalue weighted by Crippen LogP contribution is 2.07. The minimum atomic E-state index is -1.63. The maximum absolute atomic E-state index is 8.39. The molecule has 0 aromatic carbocycles. The summed E-state index contributed by atoms with van der Waals surface area (Å²) in [6.07, 6.45) is 3.65. The number of nitrogens with zero attached hydrogens (tertiary/aromatic N) is 1. The van der Waals surface area contributed by atoms with Crippen molar-refractivity contribution >= 4 is 7.32 Å². The molecular formula is C6H14BNO3. The second-order valence-corrected chi connectivity index (χ2v) is 2.80. The van der Waals surface area contributed by atoms with Crippen LogP contribution in [0.2, 0.25) is 0 Å². The Kier molecular flexibility index (Phi) is 3.86. The maximum atomic E-state index is 8.39. The topological polar surface area (TPSA) is 52.9 Å². The quantitative estimate of drug-likeness (QED) is 0.540. The van der Waals surface area contributed by atoms with Crippen molar-refractivity contribution in [3.63, 3.8) is 0 Å². The molecular weight excluding hydrogens is 145 g/mol. The van der Waals surface area contributed by atoms with E-state index in [2.05, 4.69) is 9.55 Å². The molecule has 64 valence electrons. The van der Waals surface area contributed by atoms with Crippen LogP contribution in [0.4, 0.5) is 0 Å². The molecule has 1 aliphatic rings. The first-order chi connectivity index (χ1) is 5.29. The normalized spacial score (nSPS) is 20.2. The molecule has 0 aromatic heterocycles. The second kappa shape index (κ2) is 4.72. The number of likely N-dealkylation sites (tertiary alicyclic amines) is 1. The highest BCUT2D eigenvalue weighted by atomic mass is 16.6. The summed E-state index contributed by atoms with van der Waals surface area (Å²) in [6.45, 7) is 2.34. The third-order valence-electron chi connectivity index (χ3n) is 1.85. The van der Waals surface area contributed by atoms with Crippen LogP contribution in [0, 0.1) is 0 Å². The first-order valence-corrected chi connectivity index (χ1v) is 3.99. The van der Waals surface area contributed by atoms with E-state index in [1.54, 1.807) is 0 Å². The van der Waals surface area contributed by atoms with E-state index in [9.17, 15) is 0 Å². The van der Waals surface area contributed by atoms with Crippen molar-refractivity contribution in [2.24, 2.45) is 0 Å². The zero-order chi connectivity index (χ0) is 8.10. The predicted octanol–water partition coefficient (Wildman–Crippen LogP) is -0.584. The Bertz CT molecular complexity index is 106. The molecule has 0 radical (unpaired) electrons. The molecule has 0 atom stereocenters. The van der Waals surface area contributed by atoms with Gasteiger partial charge in [0.15, 0.2) is 0 Å². The van der Waals surface area contributed by atoms with Gasteiger partial charge in [-0.15, -0.1) is 0 Å². The number of piperidine rings is 1. The Morgan fingerprint density at radius 2 is 1.82 bits per heavy atom. The molecule has 11 heavy (non-hydrogen) atoms. The van der Waals surface area contributed by atoms with Gasteiger partial charge in [0, 0.05) is 13.1 Å². The van der Waals surface area contributed by atoms with Crippen LogP contribution in [0.1, 0.15) is 19.3 Å². The van der Waals surface area contributed by atoms with Crippen molar-refractivity contribution in [2.45, 2.75) is 19.3 Å². The summed E-state index contributed by atoms with van der Waals surface area (Å²) >= 11 is 0. The summed E-state index contributed by atoms with van der Waals surface area (Å²) in [6, 6.07) is 0. The van der Waals surface area contributed by atoms with Gasteiger partial charge in [0.25, 0.3) is 0 Å². The zero-order valence-corrected chi connectivity index (χ0v) is 6.57. The lowest BCUT2D eigenvalue weighted by molar-refractivity contribution is 0.0671. The van der Waals surface area contributed by atoms with Crippen LogP contribution in [0.5, 0.6) is 0 Å². The van der Waals surface area contributed by atoms with Crippen molar-refractivity contribution in [2.75, 3.05) is 19.8 Å². The molecule has 0 bridgehead atoms. The summed E-state index contributed by atoms with van der Waals surface area (Å²) in [5, 5.41) is 16.8. The van der Waals surface area contributed by atoms with E-state index in [-0.39, 0.29) is 0 Å². The van der Waals surface area contributed by atoms with Crippen LogP contribution in [0.25, 0.3) is 0 Å². The lowest BCUT2D eigenvalue weighted by Gasteiger charge is -2.25. The van der Waals surface area contributed by atoms with Crippen LogP contribution >= 0.6 is 0 Å². The second-order valence-electron chi connectivity index (χ2n) is 2.80. The van der Waals surface area contributed by atoms with Crippen molar-refractivity contribution in [3.05, 3.63) is 0 Å². The van der Waals surface area contributed by atoms with Crippen molar-refractivity contribution in [1.82, 2.24) is 4.90 Å². The maximum Gasteiger partial charge on any atom is 0.634 e. The van der Waals surface area contributed by atoms with Crippen LogP contribution in [-0.4, -0.2) is 42.1 Å². The van der Waals surface area contributed by atoms with E-state index in [1.807, 2.05) is 0 Å². The third kappa shape index (κ3) is 3.72. The van der Waals surface area contributed by atoms with Gasteiger partial charge in [-0.2, -0.15) is 0 Å². The first-order valence-electron chi connectivity index (χ1n) is 3.99. The molecule has 2 N–H and O–H groups in total. The van der Waals surface area contributed by atoms with Gasteiger partial charge in [0.1, 0.15) is 0 Å². The van der Waals surface area contributed by atoms with Crippen molar-refractivity contribution in [1.29, 1.82) is 0 Å². The predicted molar refractivity (Wildman–Crippen MR) is 41.6 cm³/mol. The average Bonchev–Trinajstić information content (AvgIpc) is 2.03. The highest BCUT2D eigenvalue weighted by molar-refractivity contribution is 6.32. The van der Waals surface area contributed by atoms with Gasteiger partial charge < -0.3 is 14.7 Å². The molecule has 0 saturated carbocycles. The van der Waals surface area contributed by atoms with E-state index in [1.165, 1.54) is 19.3 Å². The van der Waals surface area contributed by atoms with Gasteiger partial charge in [0.2, 0.25) is 0 Å². The fourth-order valence-corrected chi connectivity index (χ4v) is 1.26. The Hall–Kier alpha value is -0.0951. The van der Waals surface area contributed by atoms with Crippen molar-refractivity contribution in [3.8, 4) is 0 Å². The van der Waals surface area contributed by atoms with E-state index >= 15 is 0 Å². The van der Waals surface area contributed by atoms with E-state index in [4.69, 9.17) is 10.0 Å². The molecule has 1 rings (SSSR count). The molecule has 1 aliphatic heterocycles. The molecule has 1 fully saturated rings. The molecule has 0 spiro atoms. The Morgan fingerprint density at radius 1 is 1.18 bits per heavy atom. The molecule has 4 nitrogen and oxygen atoms in total. The lowest BCUT2D eigenvalue weighted by Crippen LogP contribution is -2.35. The summed E-state index contributed by atoms with van der Waals surface area (Å²) in [7, 11) is -1.63. The van der Waals surface area contributed by atoms with Crippen LogP contribution in [0.15, 0.2) is 0 Å². The van der Waals surface area contributed by atoms with Gasteiger partial charge >= 0.3 is 7.32 Å². The third-order valence-corrected chi connectivity index (χ3v) is 1.85. The molecule has 0 aliphatic carbocycles. The summed E-state index contributed by atoms with van der Waals surface area (Å²) in [4.78, 5) is 2.07. The van der Waals surface area contributed by atoms with Gasteiger partial charge in [0.05, 0.1) is 6.73 Å². The monoisotopic (exact) mass is 159 g/mol. The van der Waals surface area contributed by atoms with Crippen molar-refractivity contribution < 1.29 is 14.7 Å². The average molecular weight is 159 g/mol. The highest BCUT2D eigenvalue weighted by Gasteiger charge is 2.13. The number of hydrogen-bond donors (Lipinski definition) is 2. The summed E-state index contributed by atoms with van der Waals surface area (Å²) < 4.78 is 4.62. The van der Waals surface area contributed by atoms with Crippen LogP contribution in [-0.2, 0) is 4.65 Å². The van der Waals surface area contributed by atoms with Gasteiger partial charge in [-0.25, -0.2) is 0 Å². The first kappa shape index (κ1) is 9.00.